The molecule has 23 heavy (non-hydrogen) atoms. The van der Waals surface area contributed by atoms with Gasteiger partial charge in [-0.2, -0.15) is 0 Å². The van der Waals surface area contributed by atoms with Crippen molar-refractivity contribution in [3.63, 3.8) is 0 Å². The van der Waals surface area contributed by atoms with Crippen LogP contribution in [0.5, 0.6) is 5.75 Å². The maximum absolute atomic E-state index is 11.6. The summed E-state index contributed by atoms with van der Waals surface area (Å²) in [6, 6.07) is 16.1. The lowest BCUT2D eigenvalue weighted by Gasteiger charge is -2.08. The minimum Gasteiger partial charge on any atom is -0.481 e. The Kier molecular flexibility index (Phi) is 5.94. The Morgan fingerprint density at radius 3 is 2.43 bits per heavy atom. The van der Waals surface area contributed by atoms with E-state index in [9.17, 15) is 9.59 Å². The monoisotopic (exact) mass is 311 g/mol. The van der Waals surface area contributed by atoms with Gasteiger partial charge in [-0.25, -0.2) is 4.79 Å². The van der Waals surface area contributed by atoms with Crippen molar-refractivity contribution in [1.82, 2.24) is 0 Å². The summed E-state index contributed by atoms with van der Waals surface area (Å²) in [4.78, 5) is 22.8. The van der Waals surface area contributed by atoms with Gasteiger partial charge < -0.3 is 15.2 Å². The van der Waals surface area contributed by atoms with Crippen LogP contribution >= 0.6 is 0 Å². The molecule has 0 bridgehead atoms. The largest absolute Gasteiger partial charge is 0.481 e. The third kappa shape index (κ3) is 5.32. The topological polar surface area (TPSA) is 78.6 Å². The summed E-state index contributed by atoms with van der Waals surface area (Å²) in [5.41, 5.74) is 6.48. The van der Waals surface area contributed by atoms with Crippen molar-refractivity contribution in [1.29, 1.82) is 0 Å². The predicted octanol–water partition coefficient (Wildman–Crippen LogP) is 2.42. The zero-order valence-electron chi connectivity index (χ0n) is 12.5. The van der Waals surface area contributed by atoms with Crippen LogP contribution in [0.1, 0.15) is 15.9 Å². The Balaban J connectivity index is 1.78. The van der Waals surface area contributed by atoms with E-state index in [1.165, 1.54) is 6.07 Å². The number of esters is 1. The Hall–Kier alpha value is -3.08. The fourth-order valence-electron chi connectivity index (χ4n) is 1.86. The molecular formula is C18H17NO4. The van der Waals surface area contributed by atoms with Crippen LogP contribution in [0.2, 0.25) is 0 Å². The third-order valence-electron chi connectivity index (χ3n) is 2.95. The molecule has 0 saturated heterocycles. The first-order valence-corrected chi connectivity index (χ1v) is 7.05. The summed E-state index contributed by atoms with van der Waals surface area (Å²) < 4.78 is 10.3. The van der Waals surface area contributed by atoms with E-state index in [-0.39, 0.29) is 24.5 Å². The molecule has 0 spiro atoms. The van der Waals surface area contributed by atoms with Crippen LogP contribution in [-0.4, -0.2) is 25.1 Å². The molecule has 5 nitrogen and oxygen atoms in total. The van der Waals surface area contributed by atoms with Crippen molar-refractivity contribution in [2.45, 2.75) is 0 Å². The first-order valence-electron chi connectivity index (χ1n) is 7.05. The summed E-state index contributed by atoms with van der Waals surface area (Å²) in [6.45, 7) is -0.141. The van der Waals surface area contributed by atoms with Gasteiger partial charge in [-0.05, 0) is 23.8 Å². The fraction of sp³-hybridized carbons (Fsp3) is 0.111. The lowest BCUT2D eigenvalue weighted by Crippen LogP contribution is -2.18. The molecule has 0 heterocycles. The van der Waals surface area contributed by atoms with E-state index < -0.39 is 11.9 Å². The molecular weight excluding hydrogens is 294 g/mol. The van der Waals surface area contributed by atoms with Crippen LogP contribution in [0.3, 0.4) is 0 Å². The molecule has 0 radical (unpaired) electrons. The maximum atomic E-state index is 11.6. The molecule has 118 valence electrons. The van der Waals surface area contributed by atoms with Crippen LogP contribution < -0.4 is 10.5 Å². The highest BCUT2D eigenvalue weighted by molar-refractivity contribution is 5.95. The number of ether oxygens (including phenoxy) is 2. The summed E-state index contributed by atoms with van der Waals surface area (Å²) in [5, 5.41) is 0. The maximum Gasteiger partial charge on any atom is 0.344 e. The van der Waals surface area contributed by atoms with Gasteiger partial charge in [-0.3, -0.25) is 4.79 Å². The molecule has 0 saturated carbocycles. The number of rotatable bonds is 7. The lowest BCUT2D eigenvalue weighted by atomic mass is 10.2. The molecule has 1 amide bonds. The molecule has 0 fully saturated rings. The van der Waals surface area contributed by atoms with Crippen molar-refractivity contribution >= 4 is 18.0 Å². The number of primary amides is 1. The molecule has 2 rings (SSSR count). The van der Waals surface area contributed by atoms with E-state index in [0.29, 0.717) is 0 Å². The standard InChI is InChI=1S/C18H17NO4/c19-18(21)15-10-4-5-11-16(15)23-13-17(20)22-12-6-9-14-7-2-1-3-8-14/h1-11H,12-13H2,(H2,19,21)/b9-6+. The van der Waals surface area contributed by atoms with Crippen molar-refractivity contribution in [3.8, 4) is 5.75 Å². The minimum absolute atomic E-state index is 0.147. The molecule has 0 unspecified atom stereocenters. The molecule has 0 aliphatic carbocycles. The Labute approximate surface area is 134 Å². The molecule has 0 atom stereocenters. The second-order valence-corrected chi connectivity index (χ2v) is 4.65. The van der Waals surface area contributed by atoms with E-state index in [1.54, 1.807) is 24.3 Å². The lowest BCUT2D eigenvalue weighted by molar-refractivity contribution is -0.144. The summed E-state index contributed by atoms with van der Waals surface area (Å²) in [7, 11) is 0. The number of hydrogen-bond acceptors (Lipinski definition) is 4. The van der Waals surface area contributed by atoms with E-state index in [4.69, 9.17) is 15.2 Å². The fourth-order valence-corrected chi connectivity index (χ4v) is 1.86. The molecule has 2 aromatic rings. The van der Waals surface area contributed by atoms with Crippen LogP contribution in [-0.2, 0) is 9.53 Å². The second kappa shape index (κ2) is 8.38. The minimum atomic E-state index is -0.611. The molecule has 2 N–H and O–H groups in total. The van der Waals surface area contributed by atoms with Crippen molar-refractivity contribution < 1.29 is 19.1 Å². The quantitative estimate of drug-likeness (QED) is 0.797. The van der Waals surface area contributed by atoms with Crippen LogP contribution in [0, 0.1) is 0 Å². The average molecular weight is 311 g/mol. The van der Waals surface area contributed by atoms with Gasteiger partial charge in [-0.1, -0.05) is 48.5 Å². The molecule has 0 aliphatic heterocycles. The molecule has 2 aromatic carbocycles. The van der Waals surface area contributed by atoms with Gasteiger partial charge in [0.05, 0.1) is 5.56 Å². The van der Waals surface area contributed by atoms with Gasteiger partial charge >= 0.3 is 5.97 Å². The predicted molar refractivity (Wildman–Crippen MR) is 86.9 cm³/mol. The van der Waals surface area contributed by atoms with Crippen LogP contribution in [0.25, 0.3) is 6.08 Å². The van der Waals surface area contributed by atoms with Gasteiger partial charge in [-0.15, -0.1) is 0 Å². The Bertz CT molecular complexity index is 695. The highest BCUT2D eigenvalue weighted by atomic mass is 16.6. The zero-order valence-corrected chi connectivity index (χ0v) is 12.5. The van der Waals surface area contributed by atoms with E-state index >= 15 is 0 Å². The van der Waals surface area contributed by atoms with E-state index in [2.05, 4.69) is 0 Å². The Morgan fingerprint density at radius 2 is 1.70 bits per heavy atom. The zero-order chi connectivity index (χ0) is 16.5. The van der Waals surface area contributed by atoms with Gasteiger partial charge in [0.25, 0.3) is 5.91 Å². The average Bonchev–Trinajstić information content (AvgIpc) is 2.58. The number of amides is 1. The number of nitrogens with two attached hydrogens (primary N) is 1. The van der Waals surface area contributed by atoms with Gasteiger partial charge in [0, 0.05) is 0 Å². The summed E-state index contributed by atoms with van der Waals surface area (Å²) in [6.07, 6.45) is 3.60. The highest BCUT2D eigenvalue weighted by Crippen LogP contribution is 2.16. The molecule has 0 aliphatic rings. The van der Waals surface area contributed by atoms with Gasteiger partial charge in [0.1, 0.15) is 12.4 Å². The summed E-state index contributed by atoms with van der Waals surface area (Å²) >= 11 is 0. The first-order chi connectivity index (χ1) is 11.2. The third-order valence-corrected chi connectivity index (χ3v) is 2.95. The number of carbonyl (C=O) groups is 2. The normalized spacial score (nSPS) is 10.4. The smallest absolute Gasteiger partial charge is 0.344 e. The first kappa shape index (κ1) is 16.3. The number of carbonyl (C=O) groups excluding carboxylic acids is 2. The van der Waals surface area contributed by atoms with E-state index in [1.807, 2.05) is 36.4 Å². The SMILES string of the molecule is NC(=O)c1ccccc1OCC(=O)OC/C=C/c1ccccc1. The number of para-hydroxylation sites is 1. The second-order valence-electron chi connectivity index (χ2n) is 4.65. The number of benzene rings is 2. The summed E-state index contributed by atoms with van der Waals surface area (Å²) in [5.74, 6) is -0.876. The van der Waals surface area contributed by atoms with Crippen LogP contribution in [0.15, 0.2) is 60.7 Å². The highest BCUT2D eigenvalue weighted by Gasteiger charge is 2.10. The number of hydrogen-bond donors (Lipinski definition) is 1. The molecule has 0 aromatic heterocycles. The van der Waals surface area contributed by atoms with E-state index in [0.717, 1.165) is 5.56 Å². The van der Waals surface area contributed by atoms with Crippen molar-refractivity contribution in [2.75, 3.05) is 13.2 Å². The van der Waals surface area contributed by atoms with Gasteiger partial charge in [0.15, 0.2) is 6.61 Å². The Morgan fingerprint density at radius 1 is 1.00 bits per heavy atom. The van der Waals surface area contributed by atoms with Crippen molar-refractivity contribution in [2.24, 2.45) is 5.73 Å². The van der Waals surface area contributed by atoms with Crippen molar-refractivity contribution in [3.05, 3.63) is 71.8 Å². The van der Waals surface area contributed by atoms with Gasteiger partial charge in [0.2, 0.25) is 0 Å². The molecule has 5 heteroatoms. The van der Waals surface area contributed by atoms with Crippen LogP contribution in [0.4, 0.5) is 0 Å².